The highest BCUT2D eigenvalue weighted by molar-refractivity contribution is 7.91. The predicted octanol–water partition coefficient (Wildman–Crippen LogP) is -1.99. The molecule has 1 amide bonds. The lowest BCUT2D eigenvalue weighted by molar-refractivity contribution is -0.124. The Hall–Kier alpha value is -0.700. The fraction of sp³-hybridized carbons (Fsp3) is 0.909. The Morgan fingerprint density at radius 1 is 1.42 bits per heavy atom. The molecule has 0 aliphatic carbocycles. The zero-order valence-electron chi connectivity index (χ0n) is 11.1. The van der Waals surface area contributed by atoms with Crippen LogP contribution in [-0.4, -0.2) is 67.4 Å². The number of carbonyl (C=O) groups excluding carboxylic acids is 1. The lowest BCUT2D eigenvalue weighted by Gasteiger charge is -2.31. The Bertz CT molecular complexity index is 397. The molecule has 4 N–H and O–H groups in total. The largest absolute Gasteiger partial charge is 0.394 e. The van der Waals surface area contributed by atoms with Crippen molar-refractivity contribution in [1.29, 1.82) is 0 Å². The van der Waals surface area contributed by atoms with E-state index in [1.54, 1.807) is 6.92 Å². The summed E-state index contributed by atoms with van der Waals surface area (Å²) >= 11 is 0. The fourth-order valence-electron chi connectivity index (χ4n) is 2.01. The molecule has 19 heavy (non-hydrogen) atoms. The van der Waals surface area contributed by atoms with Crippen LogP contribution in [0, 0.1) is 0 Å². The molecule has 1 heterocycles. The van der Waals surface area contributed by atoms with E-state index in [0.717, 1.165) is 0 Å². The number of carbonyl (C=O) groups is 1. The van der Waals surface area contributed by atoms with Crippen molar-refractivity contribution in [1.82, 2.24) is 10.6 Å². The van der Waals surface area contributed by atoms with Gasteiger partial charge in [0, 0.05) is 19.0 Å². The number of nitrogens with one attached hydrogen (secondary N) is 2. The standard InChI is InChI=1S/C11H22N2O5S/c1-2-11(7-14,8-15)13-10(16)5-9-6-19(17,18)4-3-12-9/h9,12,14-15H,2-8H2,1H3,(H,13,16). The van der Waals surface area contributed by atoms with E-state index < -0.39 is 21.4 Å². The highest BCUT2D eigenvalue weighted by Crippen LogP contribution is 2.10. The zero-order chi connectivity index (χ0) is 14.5. The van der Waals surface area contributed by atoms with Gasteiger partial charge in [-0.1, -0.05) is 6.92 Å². The molecule has 0 saturated carbocycles. The molecule has 0 bridgehead atoms. The fourth-order valence-corrected chi connectivity index (χ4v) is 3.45. The van der Waals surface area contributed by atoms with Crippen LogP contribution in [0.25, 0.3) is 0 Å². The summed E-state index contributed by atoms with van der Waals surface area (Å²) in [6.45, 7) is 1.37. The maximum Gasteiger partial charge on any atom is 0.222 e. The van der Waals surface area contributed by atoms with Gasteiger partial charge in [0.2, 0.25) is 5.91 Å². The van der Waals surface area contributed by atoms with E-state index >= 15 is 0 Å². The summed E-state index contributed by atoms with van der Waals surface area (Å²) in [5, 5.41) is 24.0. The molecule has 1 unspecified atom stereocenters. The molecule has 112 valence electrons. The molecule has 0 aromatic rings. The SMILES string of the molecule is CCC(CO)(CO)NC(=O)CC1CS(=O)(=O)CCN1. The van der Waals surface area contributed by atoms with Crippen molar-refractivity contribution >= 4 is 15.7 Å². The molecule has 1 fully saturated rings. The first-order chi connectivity index (χ1) is 8.86. The third-order valence-corrected chi connectivity index (χ3v) is 5.16. The topological polar surface area (TPSA) is 116 Å². The van der Waals surface area contributed by atoms with Crippen LogP contribution in [0.2, 0.25) is 0 Å². The van der Waals surface area contributed by atoms with Crippen molar-refractivity contribution in [2.45, 2.75) is 31.3 Å². The average Bonchev–Trinajstić information content (AvgIpc) is 2.35. The van der Waals surface area contributed by atoms with Crippen molar-refractivity contribution < 1.29 is 23.4 Å². The molecular formula is C11H22N2O5S. The Balaban J connectivity index is 2.55. The van der Waals surface area contributed by atoms with Gasteiger partial charge in [-0.15, -0.1) is 0 Å². The first-order valence-electron chi connectivity index (χ1n) is 6.33. The summed E-state index contributed by atoms with van der Waals surface area (Å²) < 4.78 is 22.9. The van der Waals surface area contributed by atoms with Gasteiger partial charge in [-0.2, -0.15) is 0 Å². The molecule has 1 atom stereocenters. The van der Waals surface area contributed by atoms with E-state index in [1.807, 2.05) is 0 Å². The molecule has 1 rings (SSSR count). The minimum absolute atomic E-state index is 0.0149. The molecule has 0 radical (unpaired) electrons. The summed E-state index contributed by atoms with van der Waals surface area (Å²) in [7, 11) is -3.08. The summed E-state index contributed by atoms with van der Waals surface area (Å²) in [6.07, 6.45) is 0.406. The van der Waals surface area contributed by atoms with Gasteiger partial charge in [-0.05, 0) is 6.42 Å². The van der Waals surface area contributed by atoms with Crippen molar-refractivity contribution in [3.8, 4) is 0 Å². The molecule has 1 saturated heterocycles. The molecule has 7 nitrogen and oxygen atoms in total. The van der Waals surface area contributed by atoms with Crippen LogP contribution in [0.5, 0.6) is 0 Å². The lowest BCUT2D eigenvalue weighted by atomic mass is 9.98. The summed E-state index contributed by atoms with van der Waals surface area (Å²) in [4.78, 5) is 11.8. The second-order valence-corrected chi connectivity index (χ2v) is 7.20. The summed E-state index contributed by atoms with van der Waals surface area (Å²) in [6, 6.07) is -0.411. The van der Waals surface area contributed by atoms with E-state index in [1.165, 1.54) is 0 Å². The van der Waals surface area contributed by atoms with Gasteiger partial charge in [-0.3, -0.25) is 4.79 Å². The molecular weight excluding hydrogens is 272 g/mol. The van der Waals surface area contributed by atoms with Crippen LogP contribution in [0.1, 0.15) is 19.8 Å². The summed E-state index contributed by atoms with van der Waals surface area (Å²) in [5.41, 5.74) is -1.04. The predicted molar refractivity (Wildman–Crippen MR) is 70.4 cm³/mol. The first-order valence-corrected chi connectivity index (χ1v) is 8.15. The smallest absolute Gasteiger partial charge is 0.222 e. The Morgan fingerprint density at radius 2 is 2.05 bits per heavy atom. The molecule has 8 heteroatoms. The highest BCUT2D eigenvalue weighted by atomic mass is 32.2. The van der Waals surface area contributed by atoms with Gasteiger partial charge < -0.3 is 20.8 Å². The van der Waals surface area contributed by atoms with Crippen LogP contribution >= 0.6 is 0 Å². The Morgan fingerprint density at radius 3 is 2.53 bits per heavy atom. The number of sulfone groups is 1. The number of aliphatic hydroxyl groups is 2. The van der Waals surface area contributed by atoms with Crippen molar-refractivity contribution in [3.05, 3.63) is 0 Å². The van der Waals surface area contributed by atoms with E-state index in [9.17, 15) is 23.4 Å². The number of amides is 1. The van der Waals surface area contributed by atoms with Crippen LogP contribution in [0.3, 0.4) is 0 Å². The Kier molecular flexibility index (Phi) is 5.72. The van der Waals surface area contributed by atoms with Gasteiger partial charge in [0.05, 0.1) is 30.3 Å². The highest BCUT2D eigenvalue weighted by Gasteiger charge is 2.31. The van der Waals surface area contributed by atoms with Crippen molar-refractivity contribution in [2.75, 3.05) is 31.3 Å². The third-order valence-electron chi connectivity index (χ3n) is 3.42. The molecule has 0 aromatic carbocycles. The minimum Gasteiger partial charge on any atom is -0.394 e. The molecule has 0 spiro atoms. The zero-order valence-corrected chi connectivity index (χ0v) is 11.9. The van der Waals surface area contributed by atoms with Crippen molar-refractivity contribution in [3.63, 3.8) is 0 Å². The second-order valence-electron chi connectivity index (χ2n) is 4.97. The van der Waals surface area contributed by atoms with Crippen LogP contribution in [0.15, 0.2) is 0 Å². The second kappa shape index (κ2) is 6.65. The number of rotatable bonds is 6. The third kappa shape index (κ3) is 4.72. The lowest BCUT2D eigenvalue weighted by Crippen LogP contribution is -2.55. The van der Waals surface area contributed by atoms with Gasteiger partial charge >= 0.3 is 0 Å². The van der Waals surface area contributed by atoms with E-state index in [2.05, 4.69) is 10.6 Å². The molecule has 1 aliphatic rings. The van der Waals surface area contributed by atoms with Crippen LogP contribution in [-0.2, 0) is 14.6 Å². The summed E-state index contributed by atoms with van der Waals surface area (Å²) in [5.74, 6) is -0.339. The number of hydrogen-bond acceptors (Lipinski definition) is 6. The van der Waals surface area contributed by atoms with Crippen molar-refractivity contribution in [2.24, 2.45) is 0 Å². The normalized spacial score (nSPS) is 23.0. The first kappa shape index (κ1) is 16.4. The van der Waals surface area contributed by atoms with Gasteiger partial charge in [0.15, 0.2) is 9.84 Å². The maximum absolute atomic E-state index is 11.8. The van der Waals surface area contributed by atoms with Gasteiger partial charge in [0.25, 0.3) is 0 Å². The van der Waals surface area contributed by atoms with E-state index in [0.29, 0.717) is 13.0 Å². The van der Waals surface area contributed by atoms with Gasteiger partial charge in [-0.25, -0.2) is 8.42 Å². The maximum atomic E-state index is 11.8. The number of aliphatic hydroxyl groups excluding tert-OH is 2. The Labute approximate surface area is 113 Å². The van der Waals surface area contributed by atoms with Crippen LogP contribution < -0.4 is 10.6 Å². The number of hydrogen-bond donors (Lipinski definition) is 4. The quantitative estimate of drug-likeness (QED) is 0.451. The molecule has 0 aromatic heterocycles. The average molecular weight is 294 g/mol. The van der Waals surface area contributed by atoms with E-state index in [-0.39, 0.29) is 37.0 Å². The molecule has 1 aliphatic heterocycles. The minimum atomic E-state index is -3.08. The van der Waals surface area contributed by atoms with E-state index in [4.69, 9.17) is 0 Å². The monoisotopic (exact) mass is 294 g/mol. The van der Waals surface area contributed by atoms with Gasteiger partial charge in [0.1, 0.15) is 0 Å². The van der Waals surface area contributed by atoms with Crippen LogP contribution in [0.4, 0.5) is 0 Å².